The summed E-state index contributed by atoms with van der Waals surface area (Å²) in [5, 5.41) is 0. The number of hydrogen-bond donors (Lipinski definition) is 0. The minimum Gasteiger partial charge on any atom is -1.00 e. The van der Waals surface area contributed by atoms with Gasteiger partial charge in [-0.2, -0.15) is 0 Å². The van der Waals surface area contributed by atoms with Gasteiger partial charge in [0.15, 0.2) is 6.79 Å². The number of halogens is 1. The number of ether oxygens (including phenoxy) is 2. The van der Waals surface area contributed by atoms with Crippen LogP contribution in [-0.4, -0.2) is 44.6 Å². The first kappa shape index (κ1) is 14.2. The monoisotopic (exact) mass is 313 g/mol. The maximum atomic E-state index is 5.27. The van der Waals surface area contributed by atoms with Gasteiger partial charge >= 0.3 is 0 Å². The Morgan fingerprint density at radius 2 is 2.00 bits per heavy atom. The average Bonchev–Trinajstić information content (AvgIpc) is 2.67. The number of rotatable bonds is 4. The van der Waals surface area contributed by atoms with Crippen LogP contribution in [0.2, 0.25) is 0 Å². The standard InChI is InChI=1S/C10H20NO2.HI/c1-4-11(3,5-2)7-6-10-8-12-9-13-10;/h6H,4-5,7-9H2,1-3H3;1H/q+1;/p-1/b10-6-;. The molecule has 0 bridgehead atoms. The van der Waals surface area contributed by atoms with E-state index in [-0.39, 0.29) is 24.0 Å². The maximum Gasteiger partial charge on any atom is 0.189 e. The van der Waals surface area contributed by atoms with Crippen LogP contribution in [0.25, 0.3) is 0 Å². The third-order valence-corrected chi connectivity index (χ3v) is 2.86. The molecule has 1 aliphatic rings. The predicted molar refractivity (Wildman–Crippen MR) is 52.1 cm³/mol. The first-order chi connectivity index (χ1) is 6.20. The molecule has 1 fully saturated rings. The molecule has 0 unspecified atom stereocenters. The highest BCUT2D eigenvalue weighted by Crippen LogP contribution is 2.09. The summed E-state index contributed by atoms with van der Waals surface area (Å²) in [6, 6.07) is 0. The second-order valence-corrected chi connectivity index (χ2v) is 3.72. The Morgan fingerprint density at radius 1 is 1.36 bits per heavy atom. The molecule has 0 aromatic carbocycles. The largest absolute Gasteiger partial charge is 1.00 e. The third-order valence-electron chi connectivity index (χ3n) is 2.86. The summed E-state index contributed by atoms with van der Waals surface area (Å²) in [6.45, 7) is 8.84. The summed E-state index contributed by atoms with van der Waals surface area (Å²) in [5.41, 5.74) is 0. The lowest BCUT2D eigenvalue weighted by Gasteiger charge is -2.30. The van der Waals surface area contributed by atoms with Crippen LogP contribution in [-0.2, 0) is 9.47 Å². The van der Waals surface area contributed by atoms with Gasteiger partial charge in [0, 0.05) is 6.08 Å². The third kappa shape index (κ3) is 4.14. The highest BCUT2D eigenvalue weighted by Gasteiger charge is 2.16. The SMILES string of the molecule is CC[N+](C)(CC)C/C=C1/COCO1.[I-]. The van der Waals surface area contributed by atoms with Crippen LogP contribution in [0.5, 0.6) is 0 Å². The molecule has 0 radical (unpaired) electrons. The quantitative estimate of drug-likeness (QED) is 0.458. The van der Waals surface area contributed by atoms with Crippen molar-refractivity contribution in [2.45, 2.75) is 13.8 Å². The summed E-state index contributed by atoms with van der Waals surface area (Å²) in [5.74, 6) is 0.992. The number of nitrogens with zero attached hydrogens (tertiary/aromatic N) is 1. The number of hydrogen-bond acceptors (Lipinski definition) is 2. The second kappa shape index (κ2) is 6.63. The molecule has 0 spiro atoms. The van der Waals surface area contributed by atoms with E-state index in [1.54, 1.807) is 0 Å². The zero-order chi connectivity index (χ0) is 9.73. The van der Waals surface area contributed by atoms with Gasteiger partial charge in [0.1, 0.15) is 18.9 Å². The molecule has 1 saturated heterocycles. The summed E-state index contributed by atoms with van der Waals surface area (Å²) < 4.78 is 11.4. The molecule has 3 nitrogen and oxygen atoms in total. The van der Waals surface area contributed by atoms with Gasteiger partial charge in [-0.15, -0.1) is 0 Å². The van der Waals surface area contributed by atoms with Crippen molar-refractivity contribution in [3.05, 3.63) is 11.8 Å². The molecule has 0 aromatic rings. The smallest absolute Gasteiger partial charge is 0.189 e. The molecule has 0 atom stereocenters. The van der Waals surface area contributed by atoms with Crippen molar-refractivity contribution in [1.29, 1.82) is 0 Å². The second-order valence-electron chi connectivity index (χ2n) is 3.72. The fourth-order valence-electron chi connectivity index (χ4n) is 1.22. The van der Waals surface area contributed by atoms with Gasteiger partial charge in [-0.05, 0) is 13.8 Å². The van der Waals surface area contributed by atoms with Crippen molar-refractivity contribution in [2.24, 2.45) is 0 Å². The van der Waals surface area contributed by atoms with Gasteiger partial charge in [-0.3, -0.25) is 0 Å². The lowest BCUT2D eigenvalue weighted by Crippen LogP contribution is -3.00. The van der Waals surface area contributed by atoms with Crippen molar-refractivity contribution < 1.29 is 37.9 Å². The molecule has 0 aliphatic carbocycles. The fourth-order valence-corrected chi connectivity index (χ4v) is 1.22. The molecular formula is C10H20INO2. The van der Waals surface area contributed by atoms with Gasteiger partial charge < -0.3 is 37.9 Å². The van der Waals surface area contributed by atoms with Crippen LogP contribution < -0.4 is 24.0 Å². The summed E-state index contributed by atoms with van der Waals surface area (Å²) >= 11 is 0. The van der Waals surface area contributed by atoms with Gasteiger partial charge in [0.05, 0.1) is 20.1 Å². The van der Waals surface area contributed by atoms with Crippen LogP contribution in [0.3, 0.4) is 0 Å². The van der Waals surface area contributed by atoms with E-state index >= 15 is 0 Å². The Balaban J connectivity index is 0.00000169. The molecule has 0 N–H and O–H groups in total. The minimum atomic E-state index is 0. The van der Waals surface area contributed by atoms with Gasteiger partial charge in [-0.25, -0.2) is 0 Å². The van der Waals surface area contributed by atoms with Crippen LogP contribution >= 0.6 is 0 Å². The van der Waals surface area contributed by atoms with E-state index in [2.05, 4.69) is 27.0 Å². The lowest BCUT2D eigenvalue weighted by atomic mass is 10.3. The molecule has 4 heteroatoms. The fraction of sp³-hybridized carbons (Fsp3) is 0.800. The Kier molecular flexibility index (Phi) is 6.72. The molecule has 0 aromatic heterocycles. The summed E-state index contributed by atoms with van der Waals surface area (Å²) in [7, 11) is 2.26. The Hall–Kier alpha value is 0.190. The highest BCUT2D eigenvalue weighted by atomic mass is 127. The zero-order valence-electron chi connectivity index (χ0n) is 9.25. The Labute approximate surface area is 104 Å². The van der Waals surface area contributed by atoms with Crippen molar-refractivity contribution in [3.8, 4) is 0 Å². The molecule has 0 saturated carbocycles. The molecule has 1 aliphatic heterocycles. The molecule has 84 valence electrons. The van der Waals surface area contributed by atoms with Crippen LogP contribution in [0, 0.1) is 0 Å². The summed E-state index contributed by atoms with van der Waals surface area (Å²) in [6.07, 6.45) is 2.15. The van der Waals surface area contributed by atoms with Gasteiger partial charge in [0.25, 0.3) is 0 Å². The topological polar surface area (TPSA) is 18.5 Å². The Bertz CT molecular complexity index is 183. The number of likely N-dealkylation sites (N-methyl/N-ethyl adjacent to an activating group) is 1. The lowest BCUT2D eigenvalue weighted by molar-refractivity contribution is -0.900. The van der Waals surface area contributed by atoms with Crippen molar-refractivity contribution in [2.75, 3.05) is 40.1 Å². The normalized spacial score (nSPS) is 19.2. The van der Waals surface area contributed by atoms with Crippen LogP contribution in [0.1, 0.15) is 13.8 Å². The van der Waals surface area contributed by atoms with Gasteiger partial charge in [-0.1, -0.05) is 0 Å². The molecule has 1 heterocycles. The minimum absolute atomic E-state index is 0. The zero-order valence-corrected chi connectivity index (χ0v) is 11.4. The predicted octanol–water partition coefficient (Wildman–Crippen LogP) is -1.63. The van der Waals surface area contributed by atoms with E-state index in [0.717, 1.165) is 29.9 Å². The van der Waals surface area contributed by atoms with E-state index < -0.39 is 0 Å². The van der Waals surface area contributed by atoms with Crippen molar-refractivity contribution in [3.63, 3.8) is 0 Å². The first-order valence-corrected chi connectivity index (χ1v) is 4.93. The van der Waals surface area contributed by atoms with E-state index in [9.17, 15) is 0 Å². The van der Waals surface area contributed by atoms with E-state index in [0.29, 0.717) is 13.4 Å². The van der Waals surface area contributed by atoms with Crippen molar-refractivity contribution >= 4 is 0 Å². The van der Waals surface area contributed by atoms with E-state index in [1.807, 2.05) is 0 Å². The van der Waals surface area contributed by atoms with Crippen molar-refractivity contribution in [1.82, 2.24) is 0 Å². The highest BCUT2D eigenvalue weighted by molar-refractivity contribution is 4.95. The molecule has 14 heavy (non-hydrogen) atoms. The maximum absolute atomic E-state index is 5.27. The Morgan fingerprint density at radius 3 is 2.43 bits per heavy atom. The van der Waals surface area contributed by atoms with Crippen LogP contribution in [0.15, 0.2) is 11.8 Å². The molecular weight excluding hydrogens is 293 g/mol. The molecule has 1 rings (SSSR count). The average molecular weight is 313 g/mol. The van der Waals surface area contributed by atoms with E-state index in [1.165, 1.54) is 0 Å². The number of quaternary nitrogens is 1. The first-order valence-electron chi connectivity index (χ1n) is 4.93. The molecule has 0 amide bonds. The van der Waals surface area contributed by atoms with Gasteiger partial charge in [0.2, 0.25) is 0 Å². The van der Waals surface area contributed by atoms with E-state index in [4.69, 9.17) is 9.47 Å². The summed E-state index contributed by atoms with van der Waals surface area (Å²) in [4.78, 5) is 0. The van der Waals surface area contributed by atoms with Crippen LogP contribution in [0.4, 0.5) is 0 Å².